The minimum Gasteiger partial charge on any atom is -0.355 e. The van der Waals surface area contributed by atoms with Crippen LogP contribution < -0.4 is 10.6 Å². The molecule has 2 aliphatic carbocycles. The molecule has 0 spiro atoms. The minimum atomic E-state index is -0.461. The Labute approximate surface area is 154 Å². The first kappa shape index (κ1) is 18.3. The van der Waals surface area contributed by atoms with E-state index in [1.807, 2.05) is 38.1 Å². The average molecular weight is 361 g/mol. The van der Waals surface area contributed by atoms with E-state index in [9.17, 15) is 9.59 Å². The van der Waals surface area contributed by atoms with Crippen LogP contribution in [0.4, 0.5) is 0 Å². The first-order valence-corrected chi connectivity index (χ1v) is 10.2. The molecule has 25 heavy (non-hydrogen) atoms. The Morgan fingerprint density at radius 1 is 1.04 bits per heavy atom. The summed E-state index contributed by atoms with van der Waals surface area (Å²) in [7, 11) is 0. The van der Waals surface area contributed by atoms with Crippen LogP contribution in [0.15, 0.2) is 29.2 Å². The van der Waals surface area contributed by atoms with Gasteiger partial charge in [0.2, 0.25) is 5.91 Å². The standard InChI is InChI=1S/C20H28N2O2S/c1-20(2,19(24)22-12-15-9-10-15)13-25-17-6-4-3-5-16(17)18(23)21-11-14-7-8-14/h3-6,14-15H,7-13H2,1-2H3,(H,21,23)(H,22,24). The van der Waals surface area contributed by atoms with Gasteiger partial charge in [-0.25, -0.2) is 0 Å². The lowest BCUT2D eigenvalue weighted by Crippen LogP contribution is -2.39. The van der Waals surface area contributed by atoms with E-state index < -0.39 is 5.41 Å². The normalized spacial score (nSPS) is 17.2. The fourth-order valence-corrected chi connectivity index (χ4v) is 3.69. The van der Waals surface area contributed by atoms with Gasteiger partial charge in [-0.15, -0.1) is 11.8 Å². The molecule has 136 valence electrons. The number of carbonyl (C=O) groups excluding carboxylic acids is 2. The van der Waals surface area contributed by atoms with Crippen LogP contribution in [0.3, 0.4) is 0 Å². The second-order valence-corrected chi connectivity index (χ2v) is 8.99. The summed E-state index contributed by atoms with van der Waals surface area (Å²) in [6.45, 7) is 5.51. The van der Waals surface area contributed by atoms with E-state index in [4.69, 9.17) is 0 Å². The van der Waals surface area contributed by atoms with Crippen molar-refractivity contribution in [1.82, 2.24) is 10.6 Å². The summed E-state index contributed by atoms with van der Waals surface area (Å²) in [5.41, 5.74) is 0.249. The number of amides is 2. The average Bonchev–Trinajstić information content (AvgIpc) is 3.50. The molecular formula is C20H28N2O2S. The number of thioether (sulfide) groups is 1. The predicted molar refractivity (Wildman–Crippen MR) is 102 cm³/mol. The van der Waals surface area contributed by atoms with Crippen LogP contribution in [0.25, 0.3) is 0 Å². The van der Waals surface area contributed by atoms with Crippen LogP contribution in [0, 0.1) is 17.3 Å². The molecule has 0 saturated heterocycles. The molecule has 0 unspecified atom stereocenters. The van der Waals surface area contributed by atoms with Gasteiger partial charge in [-0.05, 0) is 49.7 Å². The van der Waals surface area contributed by atoms with E-state index >= 15 is 0 Å². The van der Waals surface area contributed by atoms with Gasteiger partial charge in [0.25, 0.3) is 5.91 Å². The number of benzene rings is 1. The largest absolute Gasteiger partial charge is 0.355 e. The molecule has 0 heterocycles. The number of hydrogen-bond acceptors (Lipinski definition) is 3. The van der Waals surface area contributed by atoms with Crippen LogP contribution in [0.5, 0.6) is 0 Å². The third-order valence-electron chi connectivity index (χ3n) is 4.83. The minimum absolute atomic E-state index is 0.00834. The summed E-state index contributed by atoms with van der Waals surface area (Å²) in [4.78, 5) is 25.8. The van der Waals surface area contributed by atoms with E-state index in [2.05, 4.69) is 10.6 Å². The molecule has 3 rings (SSSR count). The van der Waals surface area contributed by atoms with Gasteiger partial charge in [0, 0.05) is 23.7 Å². The Morgan fingerprint density at radius 3 is 2.28 bits per heavy atom. The highest BCUT2D eigenvalue weighted by molar-refractivity contribution is 7.99. The SMILES string of the molecule is CC(C)(CSc1ccccc1C(=O)NCC1CC1)C(=O)NCC1CC1. The molecule has 5 heteroatoms. The molecule has 2 fully saturated rings. The molecule has 0 atom stereocenters. The highest BCUT2D eigenvalue weighted by Gasteiger charge is 2.30. The van der Waals surface area contributed by atoms with Crippen molar-refractivity contribution in [2.45, 2.75) is 44.4 Å². The van der Waals surface area contributed by atoms with Gasteiger partial charge in [-0.3, -0.25) is 9.59 Å². The lowest BCUT2D eigenvalue weighted by molar-refractivity contribution is -0.128. The van der Waals surface area contributed by atoms with E-state index in [1.165, 1.54) is 25.7 Å². The van der Waals surface area contributed by atoms with Crippen molar-refractivity contribution in [1.29, 1.82) is 0 Å². The third kappa shape index (κ3) is 5.50. The lowest BCUT2D eigenvalue weighted by atomic mass is 9.95. The molecule has 0 aromatic heterocycles. The summed E-state index contributed by atoms with van der Waals surface area (Å²) in [6.07, 6.45) is 4.92. The zero-order valence-corrected chi connectivity index (χ0v) is 16.0. The maximum Gasteiger partial charge on any atom is 0.252 e. The van der Waals surface area contributed by atoms with Gasteiger partial charge in [0.1, 0.15) is 0 Å². The smallest absolute Gasteiger partial charge is 0.252 e. The van der Waals surface area contributed by atoms with Crippen molar-refractivity contribution in [2.24, 2.45) is 17.3 Å². The second kappa shape index (κ2) is 7.81. The topological polar surface area (TPSA) is 58.2 Å². The van der Waals surface area contributed by atoms with E-state index in [1.54, 1.807) is 11.8 Å². The first-order valence-electron chi connectivity index (χ1n) is 9.24. The Kier molecular flexibility index (Phi) is 5.72. The van der Waals surface area contributed by atoms with Gasteiger partial charge in [0.15, 0.2) is 0 Å². The Morgan fingerprint density at radius 2 is 1.64 bits per heavy atom. The molecular weight excluding hydrogens is 332 g/mol. The summed E-state index contributed by atoms with van der Waals surface area (Å²) >= 11 is 1.59. The Hall–Kier alpha value is -1.49. The highest BCUT2D eigenvalue weighted by Crippen LogP contribution is 2.32. The maximum atomic E-state index is 12.4. The van der Waals surface area contributed by atoms with Crippen molar-refractivity contribution in [2.75, 3.05) is 18.8 Å². The molecule has 2 aliphatic rings. The summed E-state index contributed by atoms with van der Waals surface area (Å²) < 4.78 is 0. The van der Waals surface area contributed by atoms with E-state index in [0.717, 1.165) is 18.0 Å². The van der Waals surface area contributed by atoms with Crippen molar-refractivity contribution >= 4 is 23.6 Å². The summed E-state index contributed by atoms with van der Waals surface area (Å²) in [6, 6.07) is 7.67. The van der Waals surface area contributed by atoms with Crippen LogP contribution >= 0.6 is 11.8 Å². The monoisotopic (exact) mass is 360 g/mol. The zero-order chi connectivity index (χ0) is 17.9. The Balaban J connectivity index is 1.55. The van der Waals surface area contributed by atoms with Gasteiger partial charge in [0.05, 0.1) is 11.0 Å². The highest BCUT2D eigenvalue weighted by atomic mass is 32.2. The fraction of sp³-hybridized carbons (Fsp3) is 0.600. The second-order valence-electron chi connectivity index (χ2n) is 7.98. The molecule has 4 nitrogen and oxygen atoms in total. The van der Waals surface area contributed by atoms with Crippen molar-refractivity contribution < 1.29 is 9.59 Å². The van der Waals surface area contributed by atoms with Crippen LogP contribution in [-0.4, -0.2) is 30.7 Å². The van der Waals surface area contributed by atoms with Gasteiger partial charge >= 0.3 is 0 Å². The first-order chi connectivity index (χ1) is 12.0. The van der Waals surface area contributed by atoms with Crippen LogP contribution in [0.1, 0.15) is 49.9 Å². The van der Waals surface area contributed by atoms with Crippen molar-refractivity contribution in [3.63, 3.8) is 0 Å². The predicted octanol–water partition coefficient (Wildman–Crippen LogP) is 3.47. The summed E-state index contributed by atoms with van der Waals surface area (Å²) in [5, 5.41) is 6.10. The lowest BCUT2D eigenvalue weighted by Gasteiger charge is -2.23. The fourth-order valence-electron chi connectivity index (χ4n) is 2.56. The van der Waals surface area contributed by atoms with Gasteiger partial charge < -0.3 is 10.6 Å². The number of carbonyl (C=O) groups is 2. The number of nitrogens with one attached hydrogen (secondary N) is 2. The molecule has 2 saturated carbocycles. The number of rotatable bonds is 9. The zero-order valence-electron chi connectivity index (χ0n) is 15.1. The number of hydrogen-bond donors (Lipinski definition) is 2. The molecule has 2 amide bonds. The Bertz CT molecular complexity index is 636. The summed E-state index contributed by atoms with van der Waals surface area (Å²) in [5.74, 6) is 2.09. The van der Waals surface area contributed by atoms with Crippen molar-refractivity contribution in [3.8, 4) is 0 Å². The van der Waals surface area contributed by atoms with E-state index in [0.29, 0.717) is 23.2 Å². The molecule has 0 aliphatic heterocycles. The van der Waals surface area contributed by atoms with Gasteiger partial charge in [-0.1, -0.05) is 26.0 Å². The van der Waals surface area contributed by atoms with Crippen molar-refractivity contribution in [3.05, 3.63) is 29.8 Å². The van der Waals surface area contributed by atoms with Crippen LogP contribution in [-0.2, 0) is 4.79 Å². The van der Waals surface area contributed by atoms with Crippen LogP contribution in [0.2, 0.25) is 0 Å². The molecule has 1 aromatic rings. The molecule has 0 radical (unpaired) electrons. The molecule has 2 N–H and O–H groups in total. The van der Waals surface area contributed by atoms with Gasteiger partial charge in [-0.2, -0.15) is 0 Å². The third-order valence-corrected chi connectivity index (χ3v) is 6.36. The van der Waals surface area contributed by atoms with E-state index in [-0.39, 0.29) is 11.8 Å². The maximum absolute atomic E-state index is 12.4. The quantitative estimate of drug-likeness (QED) is 0.663. The molecule has 0 bridgehead atoms. The molecule has 1 aromatic carbocycles.